The van der Waals surface area contributed by atoms with Crippen LogP contribution in [0, 0.1) is 5.92 Å². The molecule has 1 aliphatic rings. The zero-order chi connectivity index (χ0) is 8.39. The van der Waals surface area contributed by atoms with Gasteiger partial charge in [-0.3, -0.25) is 0 Å². The predicted octanol–water partition coefficient (Wildman–Crippen LogP) is 2.51. The number of rotatable bonds is 4. The second kappa shape index (κ2) is 3.70. The van der Waals surface area contributed by atoms with Crippen LogP contribution in [-0.2, 0) is 0 Å². The molecule has 5 heteroatoms. The number of hydrogen-bond donors (Lipinski definition) is 1. The van der Waals surface area contributed by atoms with Gasteiger partial charge in [0.2, 0.25) is 5.13 Å². The Morgan fingerprint density at radius 3 is 2.92 bits per heavy atom. The van der Waals surface area contributed by atoms with Crippen molar-refractivity contribution < 1.29 is 0 Å². The molecule has 1 fully saturated rings. The summed E-state index contributed by atoms with van der Waals surface area (Å²) >= 11 is 4.81. The standard InChI is InChI=1S/C7H10BrN3S/c8-6-10-11-7(12-6)9-4-3-5-1-2-5/h5H,1-4H2,(H,9,11). The number of aromatic nitrogens is 2. The van der Waals surface area contributed by atoms with E-state index in [-0.39, 0.29) is 0 Å². The maximum Gasteiger partial charge on any atom is 0.206 e. The first-order valence-corrected chi connectivity index (χ1v) is 5.68. The number of nitrogens with one attached hydrogen (secondary N) is 1. The number of anilines is 1. The fraction of sp³-hybridized carbons (Fsp3) is 0.714. The molecule has 1 saturated carbocycles. The van der Waals surface area contributed by atoms with E-state index in [1.165, 1.54) is 19.3 Å². The molecule has 1 N–H and O–H groups in total. The van der Waals surface area contributed by atoms with Gasteiger partial charge >= 0.3 is 0 Å². The number of hydrogen-bond acceptors (Lipinski definition) is 4. The lowest BCUT2D eigenvalue weighted by Crippen LogP contribution is -2.01. The third kappa shape index (κ3) is 2.42. The van der Waals surface area contributed by atoms with E-state index in [1.807, 2.05) is 0 Å². The molecule has 0 aliphatic heterocycles. The summed E-state index contributed by atoms with van der Waals surface area (Å²) < 4.78 is 0.844. The van der Waals surface area contributed by atoms with Crippen LogP contribution in [0.2, 0.25) is 0 Å². The highest BCUT2D eigenvalue weighted by atomic mass is 79.9. The van der Waals surface area contributed by atoms with Crippen LogP contribution in [0.1, 0.15) is 19.3 Å². The second-order valence-electron chi connectivity index (χ2n) is 3.02. The maximum absolute atomic E-state index is 3.94. The summed E-state index contributed by atoms with van der Waals surface area (Å²) in [5.41, 5.74) is 0. The highest BCUT2D eigenvalue weighted by molar-refractivity contribution is 9.11. The normalized spacial score (nSPS) is 16.4. The zero-order valence-electron chi connectivity index (χ0n) is 6.59. The Bertz CT molecular complexity index is 259. The van der Waals surface area contributed by atoms with E-state index in [0.29, 0.717) is 0 Å². The minimum atomic E-state index is 0.844. The third-order valence-corrected chi connectivity index (χ3v) is 3.24. The van der Waals surface area contributed by atoms with Gasteiger partial charge in [0.05, 0.1) is 0 Å². The van der Waals surface area contributed by atoms with Gasteiger partial charge in [-0.25, -0.2) is 0 Å². The Kier molecular flexibility index (Phi) is 2.60. The van der Waals surface area contributed by atoms with Gasteiger partial charge in [-0.15, -0.1) is 10.2 Å². The van der Waals surface area contributed by atoms with Gasteiger partial charge in [0.25, 0.3) is 0 Å². The van der Waals surface area contributed by atoms with Crippen molar-refractivity contribution in [2.75, 3.05) is 11.9 Å². The summed E-state index contributed by atoms with van der Waals surface area (Å²) in [6.45, 7) is 1.03. The molecule has 12 heavy (non-hydrogen) atoms. The van der Waals surface area contributed by atoms with E-state index in [9.17, 15) is 0 Å². The van der Waals surface area contributed by atoms with Gasteiger partial charge in [0.1, 0.15) is 0 Å². The summed E-state index contributed by atoms with van der Waals surface area (Å²) in [4.78, 5) is 0. The molecule has 0 bridgehead atoms. The molecule has 66 valence electrons. The zero-order valence-corrected chi connectivity index (χ0v) is 8.99. The van der Waals surface area contributed by atoms with Gasteiger partial charge in [-0.1, -0.05) is 24.2 Å². The molecule has 0 radical (unpaired) electrons. The van der Waals surface area contributed by atoms with Crippen LogP contribution in [0.5, 0.6) is 0 Å². The van der Waals surface area contributed by atoms with Crippen LogP contribution in [-0.4, -0.2) is 16.7 Å². The van der Waals surface area contributed by atoms with Crippen LogP contribution in [0.25, 0.3) is 0 Å². The summed E-state index contributed by atoms with van der Waals surface area (Å²) in [5.74, 6) is 0.980. The SMILES string of the molecule is Brc1nnc(NCCC2CC2)s1. The van der Waals surface area contributed by atoms with E-state index in [4.69, 9.17) is 0 Å². The quantitative estimate of drug-likeness (QED) is 0.889. The molecule has 0 atom stereocenters. The maximum atomic E-state index is 3.94. The summed E-state index contributed by atoms with van der Waals surface area (Å²) in [6.07, 6.45) is 4.11. The third-order valence-electron chi connectivity index (χ3n) is 1.93. The largest absolute Gasteiger partial charge is 0.360 e. The van der Waals surface area contributed by atoms with E-state index < -0.39 is 0 Å². The van der Waals surface area contributed by atoms with Crippen molar-refractivity contribution >= 4 is 32.4 Å². The minimum Gasteiger partial charge on any atom is -0.360 e. The molecule has 0 saturated heterocycles. The Labute approximate surface area is 83.7 Å². The van der Waals surface area contributed by atoms with Crippen LogP contribution in [0.3, 0.4) is 0 Å². The highest BCUT2D eigenvalue weighted by Gasteiger charge is 2.20. The molecular formula is C7H10BrN3S. The smallest absolute Gasteiger partial charge is 0.206 e. The number of halogens is 1. The number of nitrogens with zero attached hydrogens (tertiary/aromatic N) is 2. The Morgan fingerprint density at radius 1 is 1.50 bits per heavy atom. The molecule has 0 unspecified atom stereocenters. The van der Waals surface area contributed by atoms with Crippen molar-refractivity contribution in [2.24, 2.45) is 5.92 Å². The first-order valence-electron chi connectivity index (χ1n) is 4.07. The van der Waals surface area contributed by atoms with Crippen molar-refractivity contribution in [1.82, 2.24) is 10.2 Å². The fourth-order valence-electron chi connectivity index (χ4n) is 1.07. The average Bonchev–Trinajstić information content (AvgIpc) is 2.76. The predicted molar refractivity (Wildman–Crippen MR) is 53.4 cm³/mol. The molecule has 1 aromatic rings. The van der Waals surface area contributed by atoms with Crippen molar-refractivity contribution in [3.63, 3.8) is 0 Å². The molecule has 1 aliphatic carbocycles. The van der Waals surface area contributed by atoms with Gasteiger partial charge in [-0.2, -0.15) is 0 Å². The Balaban J connectivity index is 1.71. The van der Waals surface area contributed by atoms with E-state index in [0.717, 1.165) is 21.5 Å². The first-order chi connectivity index (χ1) is 5.84. The summed E-state index contributed by atoms with van der Waals surface area (Å²) in [5, 5.41) is 12.0. The van der Waals surface area contributed by atoms with E-state index in [2.05, 4.69) is 31.4 Å². The topological polar surface area (TPSA) is 37.8 Å². The molecule has 0 amide bonds. The van der Waals surface area contributed by atoms with Crippen LogP contribution >= 0.6 is 27.3 Å². The average molecular weight is 248 g/mol. The lowest BCUT2D eigenvalue weighted by Gasteiger charge is -1.98. The van der Waals surface area contributed by atoms with Gasteiger partial charge in [0.15, 0.2) is 3.92 Å². The highest BCUT2D eigenvalue weighted by Crippen LogP contribution is 2.32. The van der Waals surface area contributed by atoms with Crippen molar-refractivity contribution in [3.05, 3.63) is 3.92 Å². The molecular weight excluding hydrogens is 238 g/mol. The van der Waals surface area contributed by atoms with Crippen LogP contribution in [0.15, 0.2) is 3.92 Å². The van der Waals surface area contributed by atoms with Crippen LogP contribution in [0.4, 0.5) is 5.13 Å². The molecule has 0 spiro atoms. The second-order valence-corrected chi connectivity index (χ2v) is 5.27. The van der Waals surface area contributed by atoms with Gasteiger partial charge in [-0.05, 0) is 28.3 Å². The summed E-state index contributed by atoms with van der Waals surface area (Å²) in [7, 11) is 0. The fourth-order valence-corrected chi connectivity index (χ4v) is 2.10. The molecule has 1 heterocycles. The molecule has 1 aromatic heterocycles. The van der Waals surface area contributed by atoms with Crippen molar-refractivity contribution in [3.8, 4) is 0 Å². The first kappa shape index (κ1) is 8.44. The van der Waals surface area contributed by atoms with E-state index >= 15 is 0 Å². The monoisotopic (exact) mass is 247 g/mol. The summed E-state index contributed by atoms with van der Waals surface area (Å²) in [6, 6.07) is 0. The lowest BCUT2D eigenvalue weighted by molar-refractivity contribution is 0.759. The van der Waals surface area contributed by atoms with Crippen molar-refractivity contribution in [1.29, 1.82) is 0 Å². The van der Waals surface area contributed by atoms with Crippen LogP contribution < -0.4 is 5.32 Å². The van der Waals surface area contributed by atoms with E-state index in [1.54, 1.807) is 11.3 Å². The molecule has 3 nitrogen and oxygen atoms in total. The molecule has 0 aromatic carbocycles. The van der Waals surface area contributed by atoms with Gasteiger partial charge < -0.3 is 5.32 Å². The molecule has 2 rings (SSSR count). The Hall–Kier alpha value is -0.160. The van der Waals surface area contributed by atoms with Gasteiger partial charge in [0, 0.05) is 6.54 Å². The lowest BCUT2D eigenvalue weighted by atomic mass is 10.3. The van der Waals surface area contributed by atoms with Crippen molar-refractivity contribution in [2.45, 2.75) is 19.3 Å². The minimum absolute atomic E-state index is 0.844. The Morgan fingerprint density at radius 2 is 2.33 bits per heavy atom.